The third-order valence-corrected chi connectivity index (χ3v) is 4.83. The fourth-order valence-electron chi connectivity index (χ4n) is 2.96. The van der Waals surface area contributed by atoms with Gasteiger partial charge < -0.3 is 14.2 Å². The van der Waals surface area contributed by atoms with E-state index in [1.54, 1.807) is 40.4 Å². The van der Waals surface area contributed by atoms with Crippen molar-refractivity contribution in [2.75, 3.05) is 26.2 Å². The molecule has 1 aliphatic heterocycles. The zero-order valence-corrected chi connectivity index (χ0v) is 15.8. The molecule has 3 aromatic heterocycles. The van der Waals surface area contributed by atoms with Crippen molar-refractivity contribution in [1.29, 1.82) is 0 Å². The molecule has 1 fully saturated rings. The van der Waals surface area contributed by atoms with Gasteiger partial charge in [0, 0.05) is 44.1 Å². The fourth-order valence-corrected chi connectivity index (χ4v) is 3.27. The van der Waals surface area contributed by atoms with Gasteiger partial charge in [0.05, 0.1) is 5.69 Å². The summed E-state index contributed by atoms with van der Waals surface area (Å²) in [4.78, 5) is 32.6. The molecule has 4 rings (SSSR count). The van der Waals surface area contributed by atoms with E-state index in [-0.39, 0.29) is 17.6 Å². The summed E-state index contributed by atoms with van der Waals surface area (Å²) in [5, 5.41) is 6.99. The van der Waals surface area contributed by atoms with Gasteiger partial charge in [0.15, 0.2) is 10.4 Å². The number of aromatic nitrogens is 3. The normalized spacial score (nSPS) is 14.4. The molecule has 0 bridgehead atoms. The lowest BCUT2D eigenvalue weighted by Gasteiger charge is -2.34. The Labute approximate surface area is 163 Å². The van der Waals surface area contributed by atoms with Crippen molar-refractivity contribution in [2.24, 2.45) is 0 Å². The number of nitrogens with zero attached hydrogens (tertiary/aromatic N) is 4. The first-order valence-electron chi connectivity index (χ1n) is 8.41. The van der Waals surface area contributed by atoms with E-state index in [0.29, 0.717) is 42.2 Å². The SMILES string of the molecule is O=C(c1cc(-c2cccnc2)n[nH]1)N1CCN(C(=O)c2ccc(Br)o2)CC1. The summed E-state index contributed by atoms with van der Waals surface area (Å²) in [5.41, 5.74) is 1.93. The standard InChI is InChI=1S/C18H16BrN5O3/c19-16-4-3-15(27-16)18(26)24-8-6-23(7-9-24)17(25)14-10-13(21-22-14)12-2-1-5-20-11-12/h1-5,10-11H,6-9H2,(H,21,22). The molecule has 8 nitrogen and oxygen atoms in total. The molecule has 2 amide bonds. The first-order valence-corrected chi connectivity index (χ1v) is 9.21. The first kappa shape index (κ1) is 17.5. The molecule has 138 valence electrons. The van der Waals surface area contributed by atoms with Crippen LogP contribution in [0.3, 0.4) is 0 Å². The van der Waals surface area contributed by atoms with Crippen LogP contribution in [-0.4, -0.2) is 63.0 Å². The van der Waals surface area contributed by atoms with E-state index in [1.807, 2.05) is 12.1 Å². The highest BCUT2D eigenvalue weighted by molar-refractivity contribution is 9.10. The van der Waals surface area contributed by atoms with Crippen LogP contribution in [0.2, 0.25) is 0 Å². The monoisotopic (exact) mass is 429 g/mol. The van der Waals surface area contributed by atoms with Crippen LogP contribution in [0.4, 0.5) is 0 Å². The largest absolute Gasteiger partial charge is 0.444 e. The average Bonchev–Trinajstić information content (AvgIpc) is 3.37. The lowest BCUT2D eigenvalue weighted by molar-refractivity contribution is 0.0514. The number of furan rings is 1. The molecule has 3 aromatic rings. The van der Waals surface area contributed by atoms with Gasteiger partial charge in [-0.15, -0.1) is 0 Å². The van der Waals surface area contributed by atoms with Crippen molar-refractivity contribution in [3.05, 3.63) is 58.8 Å². The van der Waals surface area contributed by atoms with Crippen molar-refractivity contribution >= 4 is 27.7 Å². The molecular weight excluding hydrogens is 414 g/mol. The number of hydrogen-bond acceptors (Lipinski definition) is 5. The van der Waals surface area contributed by atoms with E-state index < -0.39 is 0 Å². The smallest absolute Gasteiger partial charge is 0.289 e. The number of halogens is 1. The topological polar surface area (TPSA) is 95.3 Å². The maximum atomic E-state index is 12.7. The van der Waals surface area contributed by atoms with Gasteiger partial charge in [-0.1, -0.05) is 0 Å². The summed E-state index contributed by atoms with van der Waals surface area (Å²) in [6.45, 7) is 1.81. The number of rotatable bonds is 3. The summed E-state index contributed by atoms with van der Waals surface area (Å²) in [6, 6.07) is 8.74. The molecule has 27 heavy (non-hydrogen) atoms. The summed E-state index contributed by atoms with van der Waals surface area (Å²) in [5.74, 6) is -0.0185. The van der Waals surface area contributed by atoms with Gasteiger partial charge in [0.1, 0.15) is 5.69 Å². The predicted molar refractivity (Wildman–Crippen MR) is 100 cm³/mol. The van der Waals surface area contributed by atoms with E-state index in [2.05, 4.69) is 31.1 Å². The summed E-state index contributed by atoms with van der Waals surface area (Å²) < 4.78 is 5.83. The fraction of sp³-hybridized carbons (Fsp3) is 0.222. The van der Waals surface area contributed by atoms with Crippen LogP contribution in [0.15, 0.2) is 51.8 Å². The molecule has 9 heteroatoms. The average molecular weight is 430 g/mol. The lowest BCUT2D eigenvalue weighted by Crippen LogP contribution is -2.50. The summed E-state index contributed by atoms with van der Waals surface area (Å²) in [6.07, 6.45) is 3.38. The molecule has 0 unspecified atom stereocenters. The van der Waals surface area contributed by atoms with Gasteiger partial charge in [-0.2, -0.15) is 5.10 Å². The zero-order chi connectivity index (χ0) is 18.8. The van der Waals surface area contributed by atoms with Crippen molar-refractivity contribution < 1.29 is 14.0 Å². The quantitative estimate of drug-likeness (QED) is 0.689. The molecular formula is C18H16BrN5O3. The van der Waals surface area contributed by atoms with E-state index in [1.165, 1.54) is 0 Å². The highest BCUT2D eigenvalue weighted by atomic mass is 79.9. The number of carbonyl (C=O) groups is 2. The molecule has 1 N–H and O–H groups in total. The van der Waals surface area contributed by atoms with Crippen molar-refractivity contribution in [1.82, 2.24) is 25.0 Å². The van der Waals surface area contributed by atoms with E-state index in [9.17, 15) is 9.59 Å². The number of hydrogen-bond donors (Lipinski definition) is 1. The highest BCUT2D eigenvalue weighted by Crippen LogP contribution is 2.19. The van der Waals surface area contributed by atoms with Crippen molar-refractivity contribution in [3.63, 3.8) is 0 Å². The maximum Gasteiger partial charge on any atom is 0.289 e. The van der Waals surface area contributed by atoms with Gasteiger partial charge in [0.2, 0.25) is 0 Å². The van der Waals surface area contributed by atoms with Crippen LogP contribution >= 0.6 is 15.9 Å². The summed E-state index contributed by atoms with van der Waals surface area (Å²) >= 11 is 3.19. The number of H-pyrrole nitrogens is 1. The predicted octanol–water partition coefficient (Wildman–Crippen LogP) is 2.43. The van der Waals surface area contributed by atoms with Crippen LogP contribution in [0.5, 0.6) is 0 Å². The van der Waals surface area contributed by atoms with Gasteiger partial charge in [-0.3, -0.25) is 19.7 Å². The van der Waals surface area contributed by atoms with Crippen LogP contribution in [-0.2, 0) is 0 Å². The van der Waals surface area contributed by atoms with E-state index in [0.717, 1.165) is 5.56 Å². The third kappa shape index (κ3) is 3.63. The van der Waals surface area contributed by atoms with Gasteiger partial charge in [0.25, 0.3) is 11.8 Å². The minimum absolute atomic E-state index is 0.134. The Hall–Kier alpha value is -2.94. The van der Waals surface area contributed by atoms with E-state index >= 15 is 0 Å². The van der Waals surface area contributed by atoms with Crippen molar-refractivity contribution in [2.45, 2.75) is 0 Å². The number of aromatic amines is 1. The highest BCUT2D eigenvalue weighted by Gasteiger charge is 2.27. The molecule has 1 aliphatic rings. The Morgan fingerprint density at radius 2 is 1.81 bits per heavy atom. The first-order chi connectivity index (χ1) is 13.1. The summed E-state index contributed by atoms with van der Waals surface area (Å²) in [7, 11) is 0. The molecule has 1 saturated heterocycles. The second-order valence-electron chi connectivity index (χ2n) is 6.10. The van der Waals surface area contributed by atoms with Crippen LogP contribution in [0, 0.1) is 0 Å². The minimum atomic E-state index is -0.173. The molecule has 0 aromatic carbocycles. The number of carbonyl (C=O) groups excluding carboxylic acids is 2. The Balaban J connectivity index is 1.39. The number of amides is 2. The molecule has 0 saturated carbocycles. The second kappa shape index (κ2) is 7.36. The van der Waals surface area contributed by atoms with Crippen LogP contribution in [0.25, 0.3) is 11.3 Å². The lowest BCUT2D eigenvalue weighted by atomic mass is 10.2. The van der Waals surface area contributed by atoms with E-state index in [4.69, 9.17) is 4.42 Å². The zero-order valence-electron chi connectivity index (χ0n) is 14.3. The Morgan fingerprint density at radius 1 is 1.07 bits per heavy atom. The number of nitrogens with one attached hydrogen (secondary N) is 1. The van der Waals surface area contributed by atoms with Crippen LogP contribution < -0.4 is 0 Å². The Bertz CT molecular complexity index is 960. The molecule has 0 spiro atoms. The van der Waals surface area contributed by atoms with Gasteiger partial charge in [-0.05, 0) is 46.3 Å². The van der Waals surface area contributed by atoms with Gasteiger partial charge in [-0.25, -0.2) is 0 Å². The molecule has 4 heterocycles. The molecule has 0 atom stereocenters. The Morgan fingerprint density at radius 3 is 2.44 bits per heavy atom. The minimum Gasteiger partial charge on any atom is -0.444 e. The maximum absolute atomic E-state index is 12.7. The molecule has 0 radical (unpaired) electrons. The van der Waals surface area contributed by atoms with Gasteiger partial charge >= 0.3 is 0 Å². The number of pyridine rings is 1. The Kier molecular flexibility index (Phi) is 4.76. The third-order valence-electron chi connectivity index (χ3n) is 4.40. The second-order valence-corrected chi connectivity index (χ2v) is 6.88. The van der Waals surface area contributed by atoms with Crippen LogP contribution in [0.1, 0.15) is 21.0 Å². The number of piperazine rings is 1. The molecule has 0 aliphatic carbocycles. The van der Waals surface area contributed by atoms with Crippen molar-refractivity contribution in [3.8, 4) is 11.3 Å².